The van der Waals surface area contributed by atoms with Crippen molar-refractivity contribution in [2.24, 2.45) is 0 Å². The summed E-state index contributed by atoms with van der Waals surface area (Å²) in [4.78, 5) is 36.9. The topological polar surface area (TPSA) is 75.7 Å². The lowest BCUT2D eigenvalue weighted by Crippen LogP contribution is -2.28. The zero-order valence-electron chi connectivity index (χ0n) is 15.2. The number of rotatable bonds is 6. The van der Waals surface area contributed by atoms with Crippen molar-refractivity contribution in [3.05, 3.63) is 59.7 Å². The minimum absolute atomic E-state index is 0.0964. The molecule has 6 nitrogen and oxygen atoms in total. The van der Waals surface area contributed by atoms with Gasteiger partial charge in [-0.2, -0.15) is 13.2 Å². The molecule has 2 aromatic rings. The Bertz CT molecular complexity index is 910. The molecule has 0 spiro atoms. The van der Waals surface area contributed by atoms with E-state index >= 15 is 0 Å². The van der Waals surface area contributed by atoms with Gasteiger partial charge in [0.25, 0.3) is 5.91 Å². The maximum Gasteiger partial charge on any atom is 0.422 e. The highest BCUT2D eigenvalue weighted by molar-refractivity contribution is 6.05. The van der Waals surface area contributed by atoms with Gasteiger partial charge in [0.1, 0.15) is 5.75 Å². The van der Waals surface area contributed by atoms with Crippen LogP contribution in [0.5, 0.6) is 5.75 Å². The van der Waals surface area contributed by atoms with Crippen LogP contribution in [-0.2, 0) is 16.1 Å². The van der Waals surface area contributed by atoms with E-state index in [-0.39, 0.29) is 48.2 Å². The first-order valence-corrected chi connectivity index (χ1v) is 8.75. The summed E-state index contributed by atoms with van der Waals surface area (Å²) in [6, 6.07) is 12.1. The monoisotopic (exact) mass is 406 g/mol. The molecule has 3 amide bonds. The standard InChI is InChI=1S/C20H17F3N2O4/c21-20(22,23)12-29-16-4-2-1-3-15(16)24-19(28)14-7-5-13(6-8-14)11-25-17(26)9-10-18(25)27/h1-8H,9-12H2,(H,24,28). The van der Waals surface area contributed by atoms with Crippen molar-refractivity contribution in [3.8, 4) is 5.75 Å². The predicted molar refractivity (Wildman–Crippen MR) is 97.2 cm³/mol. The summed E-state index contributed by atoms with van der Waals surface area (Å²) in [6.45, 7) is -1.34. The van der Waals surface area contributed by atoms with E-state index in [2.05, 4.69) is 5.32 Å². The lowest BCUT2D eigenvalue weighted by molar-refractivity contribution is -0.153. The predicted octanol–water partition coefficient (Wildman–Crippen LogP) is 3.53. The number of benzene rings is 2. The number of hydrogen-bond acceptors (Lipinski definition) is 4. The molecule has 0 aromatic heterocycles. The van der Waals surface area contributed by atoms with Crippen molar-refractivity contribution < 1.29 is 32.3 Å². The van der Waals surface area contributed by atoms with Gasteiger partial charge in [0.2, 0.25) is 11.8 Å². The van der Waals surface area contributed by atoms with Crippen LogP contribution in [0.1, 0.15) is 28.8 Å². The van der Waals surface area contributed by atoms with Gasteiger partial charge in [-0.25, -0.2) is 0 Å². The van der Waals surface area contributed by atoms with Gasteiger partial charge in [0, 0.05) is 18.4 Å². The van der Waals surface area contributed by atoms with Gasteiger partial charge in [-0.3, -0.25) is 19.3 Å². The molecule has 2 aromatic carbocycles. The molecule has 1 N–H and O–H groups in total. The average Bonchev–Trinajstić information content (AvgIpc) is 2.99. The molecule has 3 rings (SSSR count). The molecule has 1 heterocycles. The molecule has 0 bridgehead atoms. The Kier molecular flexibility index (Phi) is 5.86. The molecule has 0 aliphatic carbocycles. The fraction of sp³-hybridized carbons (Fsp3) is 0.250. The van der Waals surface area contributed by atoms with E-state index in [1.165, 1.54) is 35.2 Å². The van der Waals surface area contributed by atoms with E-state index in [4.69, 9.17) is 4.74 Å². The molecule has 9 heteroatoms. The highest BCUT2D eigenvalue weighted by atomic mass is 19.4. The van der Waals surface area contributed by atoms with E-state index in [0.717, 1.165) is 0 Å². The first-order chi connectivity index (χ1) is 13.7. The summed E-state index contributed by atoms with van der Waals surface area (Å²) in [7, 11) is 0. The normalized spacial score (nSPS) is 14.2. The van der Waals surface area contributed by atoms with Crippen LogP contribution < -0.4 is 10.1 Å². The summed E-state index contributed by atoms with van der Waals surface area (Å²) in [5.74, 6) is -1.09. The van der Waals surface area contributed by atoms with Gasteiger partial charge in [-0.05, 0) is 29.8 Å². The third-order valence-corrected chi connectivity index (χ3v) is 4.24. The second kappa shape index (κ2) is 8.34. The lowest BCUT2D eigenvalue weighted by atomic mass is 10.1. The molecule has 1 aliphatic rings. The van der Waals surface area contributed by atoms with Crippen LogP contribution in [-0.4, -0.2) is 35.4 Å². The first-order valence-electron chi connectivity index (χ1n) is 8.75. The maximum atomic E-state index is 12.4. The molecule has 1 aliphatic heterocycles. The number of amides is 3. The number of nitrogens with one attached hydrogen (secondary N) is 1. The molecule has 152 valence electrons. The zero-order chi connectivity index (χ0) is 21.0. The van der Waals surface area contributed by atoms with E-state index in [1.54, 1.807) is 18.2 Å². The first kappa shape index (κ1) is 20.4. The number of carbonyl (C=O) groups excluding carboxylic acids is 3. The number of alkyl halides is 3. The van der Waals surface area contributed by atoms with Crippen molar-refractivity contribution in [2.45, 2.75) is 25.6 Å². The van der Waals surface area contributed by atoms with Crippen LogP contribution in [0.25, 0.3) is 0 Å². The van der Waals surface area contributed by atoms with Gasteiger partial charge in [0.15, 0.2) is 6.61 Å². The molecule has 0 atom stereocenters. The van der Waals surface area contributed by atoms with E-state index in [0.29, 0.717) is 5.56 Å². The van der Waals surface area contributed by atoms with Crippen LogP contribution in [0.2, 0.25) is 0 Å². The smallest absolute Gasteiger partial charge is 0.422 e. The average molecular weight is 406 g/mol. The Morgan fingerprint density at radius 3 is 2.24 bits per heavy atom. The molecule has 1 saturated heterocycles. The van der Waals surface area contributed by atoms with Crippen molar-refractivity contribution in [3.63, 3.8) is 0 Å². The fourth-order valence-corrected chi connectivity index (χ4v) is 2.79. The summed E-state index contributed by atoms with van der Waals surface area (Å²) in [5, 5.41) is 2.52. The Morgan fingerprint density at radius 2 is 1.62 bits per heavy atom. The summed E-state index contributed by atoms with van der Waals surface area (Å²) >= 11 is 0. The summed E-state index contributed by atoms with van der Waals surface area (Å²) in [6.07, 6.45) is -4.09. The molecule has 0 saturated carbocycles. The number of imide groups is 1. The number of para-hydroxylation sites is 2. The maximum absolute atomic E-state index is 12.4. The number of ether oxygens (including phenoxy) is 1. The molecule has 29 heavy (non-hydrogen) atoms. The number of halogens is 3. The Morgan fingerprint density at radius 1 is 1.00 bits per heavy atom. The lowest BCUT2D eigenvalue weighted by Gasteiger charge is -2.15. The molecular formula is C20H17F3N2O4. The minimum atomic E-state index is -4.49. The number of likely N-dealkylation sites (tertiary alicyclic amines) is 1. The zero-order valence-corrected chi connectivity index (χ0v) is 15.2. The second-order valence-corrected chi connectivity index (χ2v) is 6.42. The third-order valence-electron chi connectivity index (χ3n) is 4.24. The van der Waals surface area contributed by atoms with Crippen molar-refractivity contribution in [2.75, 3.05) is 11.9 Å². The Labute approximate surface area is 164 Å². The van der Waals surface area contributed by atoms with Crippen LogP contribution in [0.15, 0.2) is 48.5 Å². The number of hydrogen-bond donors (Lipinski definition) is 1. The van der Waals surface area contributed by atoms with E-state index < -0.39 is 18.7 Å². The Balaban J connectivity index is 1.66. The van der Waals surface area contributed by atoms with Crippen LogP contribution in [0, 0.1) is 0 Å². The van der Waals surface area contributed by atoms with Crippen molar-refractivity contribution in [1.82, 2.24) is 4.90 Å². The van der Waals surface area contributed by atoms with E-state index in [9.17, 15) is 27.6 Å². The summed E-state index contributed by atoms with van der Waals surface area (Å²) in [5.41, 5.74) is 1.05. The third kappa shape index (κ3) is 5.34. The van der Waals surface area contributed by atoms with Crippen molar-refractivity contribution in [1.29, 1.82) is 0 Å². The van der Waals surface area contributed by atoms with Gasteiger partial charge in [-0.1, -0.05) is 24.3 Å². The highest BCUT2D eigenvalue weighted by Gasteiger charge is 2.29. The second-order valence-electron chi connectivity index (χ2n) is 6.42. The van der Waals surface area contributed by atoms with Crippen LogP contribution in [0.3, 0.4) is 0 Å². The van der Waals surface area contributed by atoms with Gasteiger partial charge in [-0.15, -0.1) is 0 Å². The molecule has 0 unspecified atom stereocenters. The van der Waals surface area contributed by atoms with Crippen molar-refractivity contribution >= 4 is 23.4 Å². The fourth-order valence-electron chi connectivity index (χ4n) is 2.79. The number of anilines is 1. The van der Waals surface area contributed by atoms with Gasteiger partial charge >= 0.3 is 6.18 Å². The van der Waals surface area contributed by atoms with Crippen LogP contribution in [0.4, 0.5) is 18.9 Å². The van der Waals surface area contributed by atoms with Gasteiger partial charge in [0.05, 0.1) is 12.2 Å². The Hall–Kier alpha value is -3.36. The summed E-state index contributed by atoms with van der Waals surface area (Å²) < 4.78 is 41.9. The number of carbonyl (C=O) groups is 3. The largest absolute Gasteiger partial charge is 0.482 e. The SMILES string of the molecule is O=C(Nc1ccccc1OCC(F)(F)F)c1ccc(CN2C(=O)CCC2=O)cc1. The molecule has 0 radical (unpaired) electrons. The number of nitrogens with zero attached hydrogens (tertiary/aromatic N) is 1. The minimum Gasteiger partial charge on any atom is -0.482 e. The van der Waals surface area contributed by atoms with Crippen LogP contribution >= 0.6 is 0 Å². The molecule has 1 fully saturated rings. The van der Waals surface area contributed by atoms with Gasteiger partial charge < -0.3 is 10.1 Å². The quantitative estimate of drug-likeness (QED) is 0.745. The molecular weight excluding hydrogens is 389 g/mol. The highest BCUT2D eigenvalue weighted by Crippen LogP contribution is 2.27. The van der Waals surface area contributed by atoms with E-state index in [1.807, 2.05) is 0 Å².